The maximum Gasteiger partial charge on any atom is 0.252 e. The summed E-state index contributed by atoms with van der Waals surface area (Å²) in [4.78, 5) is 28.1. The van der Waals surface area contributed by atoms with Crippen molar-refractivity contribution in [3.8, 4) is 0 Å². The lowest BCUT2D eigenvalue weighted by atomic mass is 10.1. The van der Waals surface area contributed by atoms with E-state index in [1.807, 2.05) is 24.3 Å². The Kier molecular flexibility index (Phi) is 4.83. The van der Waals surface area contributed by atoms with Gasteiger partial charge in [-0.3, -0.25) is 14.9 Å². The van der Waals surface area contributed by atoms with Crippen molar-refractivity contribution in [2.24, 2.45) is 5.92 Å². The number of benzene rings is 1. The van der Waals surface area contributed by atoms with Crippen LogP contribution in [0.2, 0.25) is 0 Å². The maximum absolute atomic E-state index is 12.8. The molecule has 1 atom stereocenters. The van der Waals surface area contributed by atoms with Crippen LogP contribution in [0.3, 0.4) is 0 Å². The van der Waals surface area contributed by atoms with E-state index >= 15 is 0 Å². The second-order valence-electron chi connectivity index (χ2n) is 6.52. The van der Waals surface area contributed by atoms with Crippen molar-refractivity contribution >= 4 is 45.7 Å². The van der Waals surface area contributed by atoms with E-state index < -0.39 is 4.75 Å². The van der Waals surface area contributed by atoms with Gasteiger partial charge in [0.25, 0.3) is 11.8 Å². The molecule has 0 bridgehead atoms. The summed E-state index contributed by atoms with van der Waals surface area (Å²) in [5.41, 5.74) is 0.818. The Labute approximate surface area is 155 Å². The first-order valence-corrected chi connectivity index (χ1v) is 9.64. The van der Waals surface area contributed by atoms with E-state index in [-0.39, 0.29) is 11.8 Å². The Morgan fingerprint density at radius 2 is 2.04 bits per heavy atom. The summed E-state index contributed by atoms with van der Waals surface area (Å²) < 4.78 is -1.24. The molecule has 1 aliphatic rings. The van der Waals surface area contributed by atoms with E-state index in [9.17, 15) is 9.59 Å². The Morgan fingerprint density at radius 3 is 2.76 bits per heavy atom. The molecular formula is C17H20N4O2S2. The summed E-state index contributed by atoms with van der Waals surface area (Å²) in [5, 5.41) is 12.2. The van der Waals surface area contributed by atoms with Gasteiger partial charge in [0.2, 0.25) is 5.13 Å². The number of nitrogens with one attached hydrogen (secondary N) is 1. The molecular weight excluding hydrogens is 356 g/mol. The Bertz CT molecular complexity index is 820. The predicted molar refractivity (Wildman–Crippen MR) is 101 cm³/mol. The number of fused-ring (bicyclic) bond motifs is 1. The van der Waals surface area contributed by atoms with E-state index in [2.05, 4.69) is 29.4 Å². The highest BCUT2D eigenvalue weighted by Crippen LogP contribution is 2.45. The quantitative estimate of drug-likeness (QED) is 0.830. The van der Waals surface area contributed by atoms with Crippen LogP contribution in [-0.4, -0.2) is 33.8 Å². The molecule has 2 aromatic rings. The van der Waals surface area contributed by atoms with Gasteiger partial charge < -0.3 is 4.90 Å². The van der Waals surface area contributed by atoms with Crippen LogP contribution >= 0.6 is 23.1 Å². The minimum atomic E-state index is -1.24. The van der Waals surface area contributed by atoms with E-state index in [0.717, 1.165) is 22.0 Å². The van der Waals surface area contributed by atoms with Gasteiger partial charge in [-0.25, -0.2) is 0 Å². The molecule has 0 saturated heterocycles. The van der Waals surface area contributed by atoms with E-state index in [1.54, 1.807) is 14.0 Å². The van der Waals surface area contributed by atoms with Gasteiger partial charge in [-0.15, -0.1) is 10.2 Å². The maximum atomic E-state index is 12.8. The van der Waals surface area contributed by atoms with Crippen molar-refractivity contribution in [2.45, 2.75) is 36.8 Å². The van der Waals surface area contributed by atoms with Crippen molar-refractivity contribution in [1.29, 1.82) is 0 Å². The van der Waals surface area contributed by atoms with Crippen molar-refractivity contribution in [1.82, 2.24) is 10.2 Å². The molecule has 0 aliphatic carbocycles. The molecule has 1 aromatic carbocycles. The molecule has 8 heteroatoms. The number of rotatable bonds is 4. The number of anilines is 2. The SMILES string of the molecule is CC(C)Cc1nnc(NC(=O)C2(C)Sc3ccccc3N(C)C2=O)s1. The van der Waals surface area contributed by atoms with Gasteiger partial charge >= 0.3 is 0 Å². The molecule has 0 spiro atoms. The van der Waals surface area contributed by atoms with Crippen LogP contribution in [0.15, 0.2) is 29.2 Å². The van der Waals surface area contributed by atoms with E-state index in [4.69, 9.17) is 0 Å². The minimum absolute atomic E-state index is 0.249. The molecule has 132 valence electrons. The fourth-order valence-corrected chi connectivity index (χ4v) is 4.82. The number of carbonyl (C=O) groups is 2. The number of carbonyl (C=O) groups excluding carboxylic acids is 2. The second-order valence-corrected chi connectivity index (χ2v) is 9.04. The molecule has 2 amide bonds. The number of hydrogen-bond acceptors (Lipinski definition) is 6. The lowest BCUT2D eigenvalue weighted by Crippen LogP contribution is -2.53. The average Bonchev–Trinajstić information content (AvgIpc) is 2.99. The molecule has 2 heterocycles. The number of thioether (sulfide) groups is 1. The number of aromatic nitrogens is 2. The molecule has 6 nitrogen and oxygen atoms in total. The molecule has 1 N–H and O–H groups in total. The van der Waals surface area contributed by atoms with Crippen molar-refractivity contribution in [3.05, 3.63) is 29.3 Å². The Balaban J connectivity index is 1.81. The number of amides is 2. The fourth-order valence-electron chi connectivity index (χ4n) is 2.61. The predicted octanol–water partition coefficient (Wildman–Crippen LogP) is 3.20. The van der Waals surface area contributed by atoms with Gasteiger partial charge in [0, 0.05) is 18.4 Å². The summed E-state index contributed by atoms with van der Waals surface area (Å²) in [6, 6.07) is 7.57. The summed E-state index contributed by atoms with van der Waals surface area (Å²) in [6.45, 7) is 5.86. The van der Waals surface area contributed by atoms with Gasteiger partial charge in [0.05, 0.1) is 5.69 Å². The lowest BCUT2D eigenvalue weighted by Gasteiger charge is -2.36. The monoisotopic (exact) mass is 376 g/mol. The van der Waals surface area contributed by atoms with Crippen LogP contribution < -0.4 is 10.2 Å². The van der Waals surface area contributed by atoms with Gasteiger partial charge in [0.15, 0.2) is 4.75 Å². The van der Waals surface area contributed by atoms with Gasteiger partial charge in [-0.05, 0) is 25.0 Å². The first-order valence-electron chi connectivity index (χ1n) is 8.01. The number of nitrogens with zero attached hydrogens (tertiary/aromatic N) is 3. The van der Waals surface area contributed by atoms with E-state index in [1.165, 1.54) is 28.0 Å². The third-order valence-corrected chi connectivity index (χ3v) is 6.15. The number of hydrogen-bond donors (Lipinski definition) is 1. The Hall–Kier alpha value is -1.93. The van der Waals surface area contributed by atoms with Gasteiger partial charge in [-0.1, -0.05) is 49.1 Å². The smallest absolute Gasteiger partial charge is 0.252 e. The highest BCUT2D eigenvalue weighted by molar-refractivity contribution is 8.02. The average molecular weight is 377 g/mol. The minimum Gasteiger partial charge on any atom is -0.313 e. The molecule has 0 saturated carbocycles. The third kappa shape index (κ3) is 3.41. The highest BCUT2D eigenvalue weighted by atomic mass is 32.2. The van der Waals surface area contributed by atoms with Crippen LogP contribution in [0.5, 0.6) is 0 Å². The van der Waals surface area contributed by atoms with Gasteiger partial charge in [0.1, 0.15) is 5.01 Å². The largest absolute Gasteiger partial charge is 0.313 e. The summed E-state index contributed by atoms with van der Waals surface area (Å²) in [6.07, 6.45) is 0.814. The van der Waals surface area contributed by atoms with Crippen LogP contribution in [-0.2, 0) is 16.0 Å². The zero-order valence-corrected chi connectivity index (χ0v) is 16.2. The molecule has 1 aromatic heterocycles. The molecule has 1 unspecified atom stereocenters. The standard InChI is InChI=1S/C17H20N4O2S2/c1-10(2)9-13-19-20-16(24-13)18-14(22)17(3)15(23)21(4)11-7-5-6-8-12(11)25-17/h5-8,10H,9H2,1-4H3,(H,18,20,22). The normalized spacial score (nSPS) is 19.9. The first kappa shape index (κ1) is 17.9. The molecule has 3 rings (SSSR count). The van der Waals surface area contributed by atoms with Crippen LogP contribution in [0, 0.1) is 5.92 Å². The van der Waals surface area contributed by atoms with Crippen LogP contribution in [0.25, 0.3) is 0 Å². The Morgan fingerprint density at radius 1 is 1.32 bits per heavy atom. The lowest BCUT2D eigenvalue weighted by molar-refractivity contribution is -0.128. The summed E-state index contributed by atoms with van der Waals surface area (Å²) in [5.74, 6) is -0.161. The topological polar surface area (TPSA) is 75.2 Å². The van der Waals surface area contributed by atoms with Crippen molar-refractivity contribution in [2.75, 3.05) is 17.3 Å². The molecule has 0 radical (unpaired) electrons. The first-order chi connectivity index (χ1) is 11.8. The fraction of sp³-hybridized carbons (Fsp3) is 0.412. The number of para-hydroxylation sites is 1. The molecule has 1 aliphatic heterocycles. The van der Waals surface area contributed by atoms with Gasteiger partial charge in [-0.2, -0.15) is 0 Å². The highest BCUT2D eigenvalue weighted by Gasteiger charge is 2.48. The van der Waals surface area contributed by atoms with E-state index in [0.29, 0.717) is 11.0 Å². The van der Waals surface area contributed by atoms with Crippen LogP contribution in [0.4, 0.5) is 10.8 Å². The second kappa shape index (κ2) is 6.76. The van der Waals surface area contributed by atoms with Crippen molar-refractivity contribution in [3.63, 3.8) is 0 Å². The van der Waals surface area contributed by atoms with Crippen LogP contribution in [0.1, 0.15) is 25.8 Å². The molecule has 0 fully saturated rings. The third-order valence-electron chi connectivity index (χ3n) is 3.96. The van der Waals surface area contributed by atoms with Crippen molar-refractivity contribution < 1.29 is 9.59 Å². The summed E-state index contributed by atoms with van der Waals surface area (Å²) in [7, 11) is 1.69. The zero-order valence-electron chi connectivity index (χ0n) is 14.6. The molecule has 25 heavy (non-hydrogen) atoms. The summed E-state index contributed by atoms with van der Waals surface area (Å²) >= 11 is 2.62. The zero-order chi connectivity index (χ0) is 18.2.